The van der Waals surface area contributed by atoms with E-state index in [2.05, 4.69) is 16.3 Å². The summed E-state index contributed by atoms with van der Waals surface area (Å²) in [5.41, 5.74) is 1.82. The van der Waals surface area contributed by atoms with Crippen LogP contribution in [0.1, 0.15) is 11.1 Å². The summed E-state index contributed by atoms with van der Waals surface area (Å²) >= 11 is 3.21. The standard InChI is InChI=1S/C12H12N4S2/c1-16(2)11-14-15-12(18-11)17-8-10-5-3-4-9(6-10)7-13/h3-6H,8H2,1-2H3. The van der Waals surface area contributed by atoms with E-state index >= 15 is 0 Å². The zero-order chi connectivity index (χ0) is 13.0. The Bertz CT molecular complexity index is 571. The second-order valence-corrected chi connectivity index (χ2v) is 6.02. The fourth-order valence-corrected chi connectivity index (χ4v) is 3.02. The predicted octanol–water partition coefficient (Wildman–Crippen LogP) is 2.77. The molecular formula is C12H12N4S2. The molecule has 0 radical (unpaired) electrons. The third-order valence-electron chi connectivity index (χ3n) is 2.20. The Hall–Kier alpha value is -1.58. The van der Waals surface area contributed by atoms with Crippen molar-refractivity contribution < 1.29 is 0 Å². The van der Waals surface area contributed by atoms with Gasteiger partial charge < -0.3 is 4.90 Å². The van der Waals surface area contributed by atoms with E-state index < -0.39 is 0 Å². The van der Waals surface area contributed by atoms with Gasteiger partial charge in [0.05, 0.1) is 11.6 Å². The predicted molar refractivity (Wildman–Crippen MR) is 75.0 cm³/mol. The van der Waals surface area contributed by atoms with E-state index in [0.29, 0.717) is 5.56 Å². The molecule has 0 amide bonds. The lowest BCUT2D eigenvalue weighted by atomic mass is 10.2. The Morgan fingerprint density at radius 2 is 2.22 bits per heavy atom. The molecule has 0 saturated carbocycles. The van der Waals surface area contributed by atoms with Crippen LogP contribution in [0.15, 0.2) is 28.6 Å². The lowest BCUT2D eigenvalue weighted by Crippen LogP contribution is -2.07. The molecule has 0 aliphatic carbocycles. The molecule has 6 heteroatoms. The number of hydrogen-bond donors (Lipinski definition) is 0. The summed E-state index contributed by atoms with van der Waals surface area (Å²) in [6.07, 6.45) is 0. The van der Waals surface area contributed by atoms with Crippen LogP contribution in [0.3, 0.4) is 0 Å². The van der Waals surface area contributed by atoms with Gasteiger partial charge in [0.25, 0.3) is 0 Å². The van der Waals surface area contributed by atoms with Crippen molar-refractivity contribution in [1.82, 2.24) is 10.2 Å². The van der Waals surface area contributed by atoms with E-state index in [-0.39, 0.29) is 0 Å². The first-order chi connectivity index (χ1) is 8.69. The highest BCUT2D eigenvalue weighted by Gasteiger charge is 2.06. The zero-order valence-corrected chi connectivity index (χ0v) is 11.8. The molecule has 0 spiro atoms. The number of nitriles is 1. The second kappa shape index (κ2) is 5.85. The first kappa shape index (κ1) is 12.9. The quantitative estimate of drug-likeness (QED) is 0.804. The summed E-state index contributed by atoms with van der Waals surface area (Å²) in [6.45, 7) is 0. The Morgan fingerprint density at radius 1 is 1.39 bits per heavy atom. The summed E-state index contributed by atoms with van der Waals surface area (Å²) < 4.78 is 0.945. The molecule has 2 aromatic rings. The number of rotatable bonds is 4. The number of nitrogens with zero attached hydrogens (tertiary/aromatic N) is 4. The highest BCUT2D eigenvalue weighted by Crippen LogP contribution is 2.29. The molecule has 0 bridgehead atoms. The van der Waals surface area contributed by atoms with Crippen molar-refractivity contribution in [2.24, 2.45) is 0 Å². The van der Waals surface area contributed by atoms with Crippen LogP contribution in [-0.4, -0.2) is 24.3 Å². The molecule has 0 fully saturated rings. The van der Waals surface area contributed by atoms with Crippen LogP contribution in [0.25, 0.3) is 0 Å². The Kier molecular flexibility index (Phi) is 4.18. The number of thioether (sulfide) groups is 1. The number of aromatic nitrogens is 2. The zero-order valence-electron chi connectivity index (χ0n) is 10.1. The highest BCUT2D eigenvalue weighted by atomic mass is 32.2. The molecule has 2 rings (SSSR count). The molecule has 1 heterocycles. The van der Waals surface area contributed by atoms with Crippen LogP contribution in [0.4, 0.5) is 5.13 Å². The van der Waals surface area contributed by atoms with E-state index in [1.807, 2.05) is 43.3 Å². The average molecular weight is 276 g/mol. The maximum absolute atomic E-state index is 8.83. The van der Waals surface area contributed by atoms with Crippen molar-refractivity contribution in [3.63, 3.8) is 0 Å². The van der Waals surface area contributed by atoms with Gasteiger partial charge >= 0.3 is 0 Å². The molecule has 18 heavy (non-hydrogen) atoms. The summed E-state index contributed by atoms with van der Waals surface area (Å²) in [5.74, 6) is 0.803. The van der Waals surface area contributed by atoms with Gasteiger partial charge in [0.2, 0.25) is 5.13 Å². The fraction of sp³-hybridized carbons (Fsp3) is 0.250. The molecule has 0 saturated heterocycles. The fourth-order valence-electron chi connectivity index (χ4n) is 1.32. The van der Waals surface area contributed by atoms with Crippen molar-refractivity contribution >= 4 is 28.2 Å². The number of anilines is 1. The van der Waals surface area contributed by atoms with Crippen LogP contribution < -0.4 is 4.90 Å². The maximum atomic E-state index is 8.83. The summed E-state index contributed by atoms with van der Waals surface area (Å²) in [6, 6.07) is 9.77. The SMILES string of the molecule is CN(C)c1nnc(SCc2cccc(C#N)c2)s1. The Morgan fingerprint density at radius 3 is 2.89 bits per heavy atom. The van der Waals surface area contributed by atoms with Gasteiger partial charge in [-0.2, -0.15) is 5.26 Å². The highest BCUT2D eigenvalue weighted by molar-refractivity contribution is 8.00. The molecule has 1 aromatic carbocycles. The minimum absolute atomic E-state index is 0.694. The molecule has 92 valence electrons. The van der Waals surface area contributed by atoms with E-state index in [9.17, 15) is 0 Å². The van der Waals surface area contributed by atoms with Gasteiger partial charge in [-0.05, 0) is 17.7 Å². The first-order valence-electron chi connectivity index (χ1n) is 5.31. The van der Waals surface area contributed by atoms with Crippen molar-refractivity contribution in [3.05, 3.63) is 35.4 Å². The summed E-state index contributed by atoms with van der Waals surface area (Å²) in [4.78, 5) is 1.94. The molecular weight excluding hydrogens is 264 g/mol. The van der Waals surface area contributed by atoms with Gasteiger partial charge in [-0.25, -0.2) is 0 Å². The smallest absolute Gasteiger partial charge is 0.208 e. The van der Waals surface area contributed by atoms with Crippen LogP contribution in [0.2, 0.25) is 0 Å². The third kappa shape index (κ3) is 3.22. The largest absolute Gasteiger partial charge is 0.353 e. The molecule has 0 N–H and O–H groups in total. The molecule has 4 nitrogen and oxygen atoms in total. The monoisotopic (exact) mass is 276 g/mol. The summed E-state index contributed by atoms with van der Waals surface area (Å²) in [7, 11) is 3.90. The normalized spacial score (nSPS) is 10.1. The summed E-state index contributed by atoms with van der Waals surface area (Å²) in [5, 5.41) is 17.9. The minimum atomic E-state index is 0.694. The van der Waals surface area contributed by atoms with E-state index in [1.165, 1.54) is 0 Å². The number of hydrogen-bond acceptors (Lipinski definition) is 6. The van der Waals surface area contributed by atoms with Gasteiger partial charge in [-0.15, -0.1) is 10.2 Å². The average Bonchev–Trinajstić information content (AvgIpc) is 2.85. The van der Waals surface area contributed by atoms with Crippen LogP contribution in [-0.2, 0) is 5.75 Å². The molecule has 0 aliphatic heterocycles. The van der Waals surface area contributed by atoms with Crippen molar-refractivity contribution in [2.45, 2.75) is 10.1 Å². The number of benzene rings is 1. The van der Waals surface area contributed by atoms with Crippen molar-refractivity contribution in [2.75, 3.05) is 19.0 Å². The molecule has 0 aliphatic rings. The van der Waals surface area contributed by atoms with Gasteiger partial charge in [-0.3, -0.25) is 0 Å². The van der Waals surface area contributed by atoms with Gasteiger partial charge in [-0.1, -0.05) is 35.2 Å². The first-order valence-corrected chi connectivity index (χ1v) is 7.12. The van der Waals surface area contributed by atoms with E-state index in [0.717, 1.165) is 20.8 Å². The lowest BCUT2D eigenvalue weighted by molar-refractivity contribution is 0.972. The Balaban J connectivity index is 2.00. The topological polar surface area (TPSA) is 52.8 Å². The molecule has 0 atom stereocenters. The molecule has 0 unspecified atom stereocenters. The van der Waals surface area contributed by atoms with Crippen LogP contribution in [0.5, 0.6) is 0 Å². The lowest BCUT2D eigenvalue weighted by Gasteiger charge is -2.03. The van der Waals surface area contributed by atoms with Gasteiger partial charge in [0, 0.05) is 19.8 Å². The Labute approximate surface area is 114 Å². The van der Waals surface area contributed by atoms with Crippen molar-refractivity contribution in [3.8, 4) is 6.07 Å². The minimum Gasteiger partial charge on any atom is -0.353 e. The third-order valence-corrected chi connectivity index (χ3v) is 4.49. The van der Waals surface area contributed by atoms with Crippen molar-refractivity contribution in [1.29, 1.82) is 5.26 Å². The van der Waals surface area contributed by atoms with E-state index in [1.54, 1.807) is 23.1 Å². The van der Waals surface area contributed by atoms with Crippen LogP contribution in [0, 0.1) is 11.3 Å². The van der Waals surface area contributed by atoms with Crippen LogP contribution >= 0.6 is 23.1 Å². The molecule has 1 aromatic heterocycles. The van der Waals surface area contributed by atoms with Gasteiger partial charge in [0.1, 0.15) is 0 Å². The van der Waals surface area contributed by atoms with Gasteiger partial charge in [0.15, 0.2) is 4.34 Å². The van der Waals surface area contributed by atoms with E-state index in [4.69, 9.17) is 5.26 Å². The maximum Gasteiger partial charge on any atom is 0.208 e. The second-order valence-electron chi connectivity index (χ2n) is 3.85.